The van der Waals surface area contributed by atoms with Crippen LogP contribution in [0.4, 0.5) is 0 Å². The van der Waals surface area contributed by atoms with Gasteiger partial charge in [0.1, 0.15) is 16.3 Å². The first-order valence-electron chi connectivity index (χ1n) is 11.0. The van der Waals surface area contributed by atoms with E-state index in [0.29, 0.717) is 48.8 Å². The summed E-state index contributed by atoms with van der Waals surface area (Å²) in [7, 11) is -3.83. The Balaban J connectivity index is 1.40. The van der Waals surface area contributed by atoms with Gasteiger partial charge in [-0.2, -0.15) is 9.29 Å². The van der Waals surface area contributed by atoms with Crippen molar-refractivity contribution in [3.63, 3.8) is 0 Å². The molecule has 0 saturated carbocycles. The van der Waals surface area contributed by atoms with Crippen LogP contribution in [0.1, 0.15) is 37.1 Å². The maximum Gasteiger partial charge on any atom is 0.310 e. The van der Waals surface area contributed by atoms with E-state index in [1.54, 1.807) is 19.9 Å². The number of rotatable bonds is 8. The fourth-order valence-electron chi connectivity index (χ4n) is 3.93. The fraction of sp³-hybridized carbons (Fsp3) is 0.455. The summed E-state index contributed by atoms with van der Waals surface area (Å²) in [5, 5.41) is 7.68. The highest BCUT2D eigenvalue weighted by molar-refractivity contribution is 7.89. The minimum absolute atomic E-state index is 0.0159. The molecule has 1 atom stereocenters. The third-order valence-electron chi connectivity index (χ3n) is 5.52. The summed E-state index contributed by atoms with van der Waals surface area (Å²) in [5.74, 6) is 0.171. The second-order valence-electron chi connectivity index (χ2n) is 7.90. The van der Waals surface area contributed by atoms with Crippen molar-refractivity contribution in [1.82, 2.24) is 19.6 Å². The Bertz CT molecular complexity index is 1250. The molecule has 1 fully saturated rings. The lowest BCUT2D eigenvalue weighted by molar-refractivity contribution is -0.151. The van der Waals surface area contributed by atoms with Gasteiger partial charge in [0.15, 0.2) is 12.4 Å². The zero-order valence-electron chi connectivity index (χ0n) is 19.2. The predicted molar refractivity (Wildman–Crippen MR) is 118 cm³/mol. The Morgan fingerprint density at radius 1 is 1.21 bits per heavy atom. The van der Waals surface area contributed by atoms with Gasteiger partial charge >= 0.3 is 5.97 Å². The summed E-state index contributed by atoms with van der Waals surface area (Å²) in [6.07, 6.45) is 1.05. The molecule has 0 N–H and O–H groups in total. The molecule has 3 heterocycles. The number of nitrogens with zero attached hydrogens (tertiary/aromatic N) is 4. The number of hydrogen-bond acceptors (Lipinski definition) is 10. The maximum atomic E-state index is 13.1. The number of piperidine rings is 1. The normalized spacial score (nSPS) is 17.0. The Labute approximate surface area is 197 Å². The molecule has 0 aliphatic carbocycles. The molecule has 1 aromatic carbocycles. The first-order chi connectivity index (χ1) is 16.3. The molecule has 1 saturated heterocycles. The predicted octanol–water partition coefficient (Wildman–Crippen LogP) is 2.88. The van der Waals surface area contributed by atoms with E-state index in [1.165, 1.54) is 4.31 Å². The lowest BCUT2D eigenvalue weighted by Crippen LogP contribution is -2.43. The highest BCUT2D eigenvalue weighted by Crippen LogP contribution is 2.29. The summed E-state index contributed by atoms with van der Waals surface area (Å²) >= 11 is 0. The van der Waals surface area contributed by atoms with Gasteiger partial charge in [-0.1, -0.05) is 22.4 Å². The highest BCUT2D eigenvalue weighted by Gasteiger charge is 2.37. The second-order valence-corrected chi connectivity index (χ2v) is 9.78. The second kappa shape index (κ2) is 9.94. The average Bonchev–Trinajstić information content (AvgIpc) is 3.44. The summed E-state index contributed by atoms with van der Waals surface area (Å²) in [6.45, 7) is 5.60. The first-order valence-corrected chi connectivity index (χ1v) is 12.4. The molecular formula is C22H26N4O7S. The zero-order valence-corrected chi connectivity index (χ0v) is 20.0. The van der Waals surface area contributed by atoms with Crippen LogP contribution in [0.15, 0.2) is 38.2 Å². The van der Waals surface area contributed by atoms with Crippen molar-refractivity contribution in [2.45, 2.75) is 45.1 Å². The highest BCUT2D eigenvalue weighted by atomic mass is 32.2. The third kappa shape index (κ3) is 4.82. The number of esters is 1. The van der Waals surface area contributed by atoms with Gasteiger partial charge in [-0.25, -0.2) is 8.42 Å². The number of hydrogen-bond donors (Lipinski definition) is 0. The van der Waals surface area contributed by atoms with Crippen LogP contribution in [0.5, 0.6) is 5.75 Å². The molecule has 3 aromatic rings. The monoisotopic (exact) mass is 490 g/mol. The van der Waals surface area contributed by atoms with Crippen molar-refractivity contribution in [3.05, 3.63) is 41.6 Å². The van der Waals surface area contributed by atoms with E-state index in [4.69, 9.17) is 18.5 Å². The van der Waals surface area contributed by atoms with Crippen molar-refractivity contribution in [2.24, 2.45) is 5.92 Å². The minimum atomic E-state index is -3.83. The van der Waals surface area contributed by atoms with Crippen molar-refractivity contribution in [1.29, 1.82) is 0 Å². The van der Waals surface area contributed by atoms with E-state index in [0.717, 1.165) is 0 Å². The van der Waals surface area contributed by atoms with Gasteiger partial charge in [0.25, 0.3) is 5.89 Å². The number of ether oxygens (including phenoxy) is 2. The lowest BCUT2D eigenvalue weighted by atomic mass is 10.0. The number of benzene rings is 1. The number of para-hydroxylation sites is 1. The van der Waals surface area contributed by atoms with Gasteiger partial charge in [0, 0.05) is 13.1 Å². The number of carbonyl (C=O) groups excluding carboxylic acids is 1. The van der Waals surface area contributed by atoms with Crippen molar-refractivity contribution < 1.29 is 31.7 Å². The van der Waals surface area contributed by atoms with Crippen LogP contribution in [-0.4, -0.2) is 53.7 Å². The zero-order chi connectivity index (χ0) is 24.3. The third-order valence-corrected chi connectivity index (χ3v) is 7.63. The Morgan fingerprint density at radius 3 is 2.74 bits per heavy atom. The van der Waals surface area contributed by atoms with E-state index in [9.17, 15) is 13.2 Å². The van der Waals surface area contributed by atoms with Gasteiger partial charge in [0.2, 0.25) is 15.8 Å². The van der Waals surface area contributed by atoms with Crippen LogP contribution in [0.3, 0.4) is 0 Å². The van der Waals surface area contributed by atoms with E-state index in [2.05, 4.69) is 15.3 Å². The first kappa shape index (κ1) is 23.9. The molecule has 1 aliphatic rings. The molecule has 4 rings (SSSR count). The molecule has 0 spiro atoms. The standard InChI is InChI=1S/C22H26N4O7S/c1-4-30-18-10-6-5-9-17(18)21-23-19(33-25-21)13-31-22(27)16-8-7-11-26(12-16)34(28,29)20-14(2)24-32-15(20)3/h5-6,9-10,16H,4,7-8,11-13H2,1-3H3. The van der Waals surface area contributed by atoms with Crippen molar-refractivity contribution >= 4 is 16.0 Å². The number of aryl methyl sites for hydroxylation is 2. The van der Waals surface area contributed by atoms with Crippen LogP contribution in [0, 0.1) is 19.8 Å². The van der Waals surface area contributed by atoms with E-state index in [-0.39, 0.29) is 29.7 Å². The van der Waals surface area contributed by atoms with E-state index in [1.807, 2.05) is 25.1 Å². The fourth-order valence-corrected chi connectivity index (χ4v) is 5.75. The molecule has 12 heteroatoms. The molecule has 2 aromatic heterocycles. The summed E-state index contributed by atoms with van der Waals surface area (Å²) in [5.41, 5.74) is 0.957. The SMILES string of the molecule is CCOc1ccccc1-c1noc(COC(=O)C2CCCN(S(=O)(=O)c3c(C)noc3C)C2)n1. The smallest absolute Gasteiger partial charge is 0.310 e. The molecule has 0 radical (unpaired) electrons. The van der Waals surface area contributed by atoms with Crippen LogP contribution in [-0.2, 0) is 26.2 Å². The summed E-state index contributed by atoms with van der Waals surface area (Å²) in [6, 6.07) is 7.29. The Morgan fingerprint density at radius 2 is 2.00 bits per heavy atom. The van der Waals surface area contributed by atoms with Crippen LogP contribution in [0.25, 0.3) is 11.4 Å². The number of carbonyl (C=O) groups is 1. The van der Waals surface area contributed by atoms with E-state index >= 15 is 0 Å². The van der Waals surface area contributed by atoms with Gasteiger partial charge in [0.05, 0.1) is 18.1 Å². The van der Waals surface area contributed by atoms with Crippen molar-refractivity contribution in [3.8, 4) is 17.1 Å². The maximum absolute atomic E-state index is 13.1. The quantitative estimate of drug-likeness (QED) is 0.433. The minimum Gasteiger partial charge on any atom is -0.493 e. The molecule has 182 valence electrons. The molecule has 0 amide bonds. The Kier molecular flexibility index (Phi) is 6.98. The molecule has 34 heavy (non-hydrogen) atoms. The molecular weight excluding hydrogens is 464 g/mol. The molecule has 11 nitrogen and oxygen atoms in total. The summed E-state index contributed by atoms with van der Waals surface area (Å²) in [4.78, 5) is 17.0. The van der Waals surface area contributed by atoms with Gasteiger partial charge in [-0.15, -0.1) is 0 Å². The lowest BCUT2D eigenvalue weighted by Gasteiger charge is -2.30. The van der Waals surface area contributed by atoms with Gasteiger partial charge < -0.3 is 18.5 Å². The van der Waals surface area contributed by atoms with Crippen LogP contribution < -0.4 is 4.74 Å². The molecule has 1 aliphatic heterocycles. The van der Waals surface area contributed by atoms with E-state index < -0.39 is 21.9 Å². The van der Waals surface area contributed by atoms with Gasteiger partial charge in [-0.05, 0) is 45.7 Å². The topological polar surface area (TPSA) is 138 Å². The van der Waals surface area contributed by atoms with Crippen molar-refractivity contribution in [2.75, 3.05) is 19.7 Å². The number of sulfonamides is 1. The number of aromatic nitrogens is 3. The van der Waals surface area contributed by atoms with Crippen LogP contribution in [0.2, 0.25) is 0 Å². The largest absolute Gasteiger partial charge is 0.493 e. The molecule has 1 unspecified atom stereocenters. The average molecular weight is 491 g/mol. The molecule has 0 bridgehead atoms. The summed E-state index contributed by atoms with van der Waals surface area (Å²) < 4.78 is 48.6. The van der Waals surface area contributed by atoms with Gasteiger partial charge in [-0.3, -0.25) is 4.79 Å². The van der Waals surface area contributed by atoms with Crippen LogP contribution >= 0.6 is 0 Å². The Hall–Kier alpha value is -3.25.